The molecule has 0 radical (unpaired) electrons. The Hall–Kier alpha value is -2.14. The molecule has 0 bridgehead atoms. The zero-order valence-corrected chi connectivity index (χ0v) is 11.3. The Morgan fingerprint density at radius 3 is 2.47 bits per heavy atom. The highest BCUT2D eigenvalue weighted by Crippen LogP contribution is 2.10. The second kappa shape index (κ2) is 6.15. The molecule has 4 nitrogen and oxygen atoms in total. The molecular formula is C14H14N2O2S. The minimum Gasteiger partial charge on any atom is -0.334 e. The molecule has 0 aliphatic heterocycles. The van der Waals surface area contributed by atoms with Gasteiger partial charge in [-0.15, -0.1) is 0 Å². The number of Topliss-reactive ketones (excluding diaryl/α,β-unsaturated/α-hetero) is 1. The van der Waals surface area contributed by atoms with Crippen LogP contribution >= 0.6 is 11.3 Å². The fourth-order valence-corrected chi connectivity index (χ4v) is 2.21. The third-order valence-electron chi connectivity index (χ3n) is 2.58. The van der Waals surface area contributed by atoms with Crippen molar-refractivity contribution in [2.24, 2.45) is 0 Å². The molecule has 0 unspecified atom stereocenters. The van der Waals surface area contributed by atoms with E-state index in [9.17, 15) is 9.59 Å². The number of ketones is 1. The summed E-state index contributed by atoms with van der Waals surface area (Å²) in [4.78, 5) is 22.8. The molecule has 2 aromatic rings. The molecule has 2 rings (SSSR count). The fraction of sp³-hybridized carbons (Fsp3) is 0.143. The van der Waals surface area contributed by atoms with Crippen LogP contribution in [0.3, 0.4) is 0 Å². The molecule has 5 heteroatoms. The Bertz CT molecular complexity index is 562. The smallest absolute Gasteiger partial charge is 0.319 e. The minimum atomic E-state index is -0.262. The van der Waals surface area contributed by atoms with Crippen LogP contribution in [0.5, 0.6) is 0 Å². The number of carbonyl (C=O) groups excluding carboxylic acids is 2. The van der Waals surface area contributed by atoms with Crippen LogP contribution in [0, 0.1) is 0 Å². The third-order valence-corrected chi connectivity index (χ3v) is 3.31. The van der Waals surface area contributed by atoms with Gasteiger partial charge < -0.3 is 10.6 Å². The average Bonchev–Trinajstić information content (AvgIpc) is 2.90. The number of nitrogens with one attached hydrogen (secondary N) is 2. The molecule has 98 valence electrons. The Morgan fingerprint density at radius 1 is 1.16 bits per heavy atom. The van der Waals surface area contributed by atoms with Gasteiger partial charge in [-0.3, -0.25) is 4.79 Å². The zero-order valence-electron chi connectivity index (χ0n) is 10.5. The first-order chi connectivity index (χ1) is 9.15. The lowest BCUT2D eigenvalue weighted by Crippen LogP contribution is -2.27. The largest absolute Gasteiger partial charge is 0.334 e. The van der Waals surface area contributed by atoms with Crippen LogP contribution < -0.4 is 10.6 Å². The van der Waals surface area contributed by atoms with Gasteiger partial charge in [-0.1, -0.05) is 0 Å². The van der Waals surface area contributed by atoms with Crippen molar-refractivity contribution in [2.45, 2.75) is 13.5 Å². The number of hydrogen-bond acceptors (Lipinski definition) is 3. The number of thiophene rings is 1. The number of anilines is 1. The Balaban J connectivity index is 1.86. The maximum absolute atomic E-state index is 11.6. The molecule has 0 spiro atoms. The topological polar surface area (TPSA) is 58.2 Å². The first kappa shape index (κ1) is 13.3. The number of amides is 2. The standard InChI is InChI=1S/C14H14N2O2S/c1-10(17)12-2-4-13(5-3-12)16-14(18)15-8-11-6-7-19-9-11/h2-7,9H,8H2,1H3,(H2,15,16,18). The highest BCUT2D eigenvalue weighted by Gasteiger charge is 2.03. The predicted octanol–water partition coefficient (Wildman–Crippen LogP) is 3.27. The van der Waals surface area contributed by atoms with Crippen molar-refractivity contribution in [1.82, 2.24) is 5.32 Å². The lowest BCUT2D eigenvalue weighted by molar-refractivity contribution is 0.101. The van der Waals surface area contributed by atoms with Gasteiger partial charge in [-0.05, 0) is 53.6 Å². The van der Waals surface area contributed by atoms with Gasteiger partial charge in [-0.2, -0.15) is 11.3 Å². The molecule has 1 aromatic carbocycles. The average molecular weight is 274 g/mol. The quantitative estimate of drug-likeness (QED) is 0.841. The van der Waals surface area contributed by atoms with Gasteiger partial charge >= 0.3 is 6.03 Å². The van der Waals surface area contributed by atoms with Crippen LogP contribution in [-0.2, 0) is 6.54 Å². The summed E-state index contributed by atoms with van der Waals surface area (Å²) >= 11 is 1.60. The summed E-state index contributed by atoms with van der Waals surface area (Å²) in [5.41, 5.74) is 2.36. The van der Waals surface area contributed by atoms with E-state index in [1.165, 1.54) is 6.92 Å². The van der Waals surface area contributed by atoms with Gasteiger partial charge in [0.25, 0.3) is 0 Å². The van der Waals surface area contributed by atoms with Gasteiger partial charge in [0, 0.05) is 17.8 Å². The number of rotatable bonds is 4. The van der Waals surface area contributed by atoms with Gasteiger partial charge in [0.05, 0.1) is 0 Å². The van der Waals surface area contributed by atoms with Crippen LogP contribution in [0.25, 0.3) is 0 Å². The molecule has 0 aliphatic rings. The molecule has 0 saturated heterocycles. The van der Waals surface area contributed by atoms with E-state index in [1.807, 2.05) is 16.8 Å². The van der Waals surface area contributed by atoms with E-state index >= 15 is 0 Å². The normalized spacial score (nSPS) is 9.95. The highest BCUT2D eigenvalue weighted by molar-refractivity contribution is 7.07. The highest BCUT2D eigenvalue weighted by atomic mass is 32.1. The monoisotopic (exact) mass is 274 g/mol. The van der Waals surface area contributed by atoms with Crippen molar-refractivity contribution in [3.05, 3.63) is 52.2 Å². The molecule has 0 saturated carbocycles. The summed E-state index contributed by atoms with van der Waals surface area (Å²) in [7, 11) is 0. The van der Waals surface area contributed by atoms with Crippen molar-refractivity contribution in [1.29, 1.82) is 0 Å². The predicted molar refractivity (Wildman–Crippen MR) is 76.6 cm³/mol. The van der Waals surface area contributed by atoms with Crippen molar-refractivity contribution in [2.75, 3.05) is 5.32 Å². The molecular weight excluding hydrogens is 260 g/mol. The SMILES string of the molecule is CC(=O)c1ccc(NC(=O)NCc2ccsc2)cc1. The Kier molecular flexibility index (Phi) is 4.30. The number of hydrogen-bond donors (Lipinski definition) is 2. The Labute approximate surface area is 115 Å². The summed E-state index contributed by atoms with van der Waals surface area (Å²) in [6, 6.07) is 8.50. The van der Waals surface area contributed by atoms with E-state index in [0.717, 1.165) is 5.56 Å². The van der Waals surface area contributed by atoms with E-state index in [-0.39, 0.29) is 11.8 Å². The van der Waals surface area contributed by atoms with E-state index < -0.39 is 0 Å². The van der Waals surface area contributed by atoms with E-state index in [4.69, 9.17) is 0 Å². The molecule has 19 heavy (non-hydrogen) atoms. The van der Waals surface area contributed by atoms with Crippen LogP contribution in [0.1, 0.15) is 22.8 Å². The molecule has 2 amide bonds. The van der Waals surface area contributed by atoms with Crippen molar-refractivity contribution in [3.8, 4) is 0 Å². The molecule has 0 atom stereocenters. The maximum Gasteiger partial charge on any atom is 0.319 e. The van der Waals surface area contributed by atoms with Crippen LogP contribution in [0.15, 0.2) is 41.1 Å². The minimum absolute atomic E-state index is 0.00783. The Morgan fingerprint density at radius 2 is 1.89 bits per heavy atom. The van der Waals surface area contributed by atoms with Gasteiger partial charge in [0.1, 0.15) is 0 Å². The lowest BCUT2D eigenvalue weighted by atomic mass is 10.1. The number of carbonyl (C=O) groups is 2. The molecule has 1 heterocycles. The van der Waals surface area contributed by atoms with E-state index in [0.29, 0.717) is 17.8 Å². The molecule has 2 N–H and O–H groups in total. The van der Waals surface area contributed by atoms with E-state index in [1.54, 1.807) is 35.6 Å². The summed E-state index contributed by atoms with van der Waals surface area (Å²) in [5, 5.41) is 9.43. The maximum atomic E-state index is 11.6. The zero-order chi connectivity index (χ0) is 13.7. The summed E-state index contributed by atoms with van der Waals surface area (Å²) in [5.74, 6) is 0.00783. The first-order valence-electron chi connectivity index (χ1n) is 5.82. The second-order valence-corrected chi connectivity index (χ2v) is 4.85. The molecule has 0 fully saturated rings. The van der Waals surface area contributed by atoms with Gasteiger partial charge in [0.2, 0.25) is 0 Å². The second-order valence-electron chi connectivity index (χ2n) is 4.07. The van der Waals surface area contributed by atoms with Crippen LogP contribution in [0.4, 0.5) is 10.5 Å². The van der Waals surface area contributed by atoms with Gasteiger partial charge in [-0.25, -0.2) is 4.79 Å². The van der Waals surface area contributed by atoms with Crippen LogP contribution in [0.2, 0.25) is 0 Å². The summed E-state index contributed by atoms with van der Waals surface area (Å²) in [6.45, 7) is 2.01. The first-order valence-corrected chi connectivity index (χ1v) is 6.76. The van der Waals surface area contributed by atoms with E-state index in [2.05, 4.69) is 10.6 Å². The lowest BCUT2D eigenvalue weighted by Gasteiger charge is -2.07. The number of benzene rings is 1. The van der Waals surface area contributed by atoms with Gasteiger partial charge in [0.15, 0.2) is 5.78 Å². The van der Waals surface area contributed by atoms with Crippen molar-refractivity contribution in [3.63, 3.8) is 0 Å². The number of urea groups is 1. The third kappa shape index (κ3) is 3.93. The van der Waals surface area contributed by atoms with Crippen LogP contribution in [-0.4, -0.2) is 11.8 Å². The fourth-order valence-electron chi connectivity index (χ4n) is 1.54. The molecule has 0 aliphatic carbocycles. The summed E-state index contributed by atoms with van der Waals surface area (Å²) in [6.07, 6.45) is 0. The molecule has 1 aromatic heterocycles. The van der Waals surface area contributed by atoms with Crippen molar-refractivity contribution < 1.29 is 9.59 Å². The van der Waals surface area contributed by atoms with Crippen molar-refractivity contribution >= 4 is 28.8 Å². The summed E-state index contributed by atoms with van der Waals surface area (Å²) < 4.78 is 0.